The molecule has 2 aromatic heterocycles. The van der Waals surface area contributed by atoms with Crippen LogP contribution in [0.1, 0.15) is 11.3 Å². The first-order chi connectivity index (χ1) is 12.6. The van der Waals surface area contributed by atoms with Crippen molar-refractivity contribution in [2.24, 2.45) is 0 Å². The molecule has 134 valence electrons. The van der Waals surface area contributed by atoms with Gasteiger partial charge in [-0.15, -0.1) is 0 Å². The quantitative estimate of drug-likeness (QED) is 0.697. The van der Waals surface area contributed by atoms with Crippen molar-refractivity contribution in [3.63, 3.8) is 0 Å². The maximum Gasteiger partial charge on any atom is 0.319 e. The number of hydrogen-bond acceptors (Lipinski definition) is 5. The van der Waals surface area contributed by atoms with Gasteiger partial charge in [0.25, 0.3) is 0 Å². The van der Waals surface area contributed by atoms with E-state index in [1.165, 1.54) is 6.20 Å². The fraction of sp³-hybridized carbons (Fsp3) is 0.158. The van der Waals surface area contributed by atoms with Crippen LogP contribution in [0.2, 0.25) is 0 Å². The second kappa shape index (κ2) is 8.06. The van der Waals surface area contributed by atoms with Gasteiger partial charge < -0.3 is 24.5 Å². The van der Waals surface area contributed by atoms with E-state index in [1.807, 2.05) is 25.1 Å². The monoisotopic (exact) mass is 353 g/mol. The molecule has 2 N–H and O–H groups in total. The molecule has 0 saturated heterocycles. The molecule has 3 aromatic rings. The van der Waals surface area contributed by atoms with Gasteiger partial charge in [-0.3, -0.25) is 0 Å². The highest BCUT2D eigenvalue weighted by Gasteiger charge is 2.08. The Kier molecular flexibility index (Phi) is 5.38. The van der Waals surface area contributed by atoms with Gasteiger partial charge in [-0.2, -0.15) is 0 Å². The van der Waals surface area contributed by atoms with Crippen molar-refractivity contribution < 1.29 is 18.7 Å². The first kappa shape index (κ1) is 17.3. The minimum atomic E-state index is -0.350. The molecule has 26 heavy (non-hydrogen) atoms. The summed E-state index contributed by atoms with van der Waals surface area (Å²) >= 11 is 0. The Bertz CT molecular complexity index is 861. The smallest absolute Gasteiger partial charge is 0.319 e. The number of aromatic nitrogens is 1. The van der Waals surface area contributed by atoms with Gasteiger partial charge in [-0.05, 0) is 42.8 Å². The van der Waals surface area contributed by atoms with E-state index in [-0.39, 0.29) is 6.03 Å². The summed E-state index contributed by atoms with van der Waals surface area (Å²) in [7, 11) is 1.59. The minimum Gasteiger partial charge on any atom is -0.493 e. The Morgan fingerprint density at radius 3 is 2.77 bits per heavy atom. The van der Waals surface area contributed by atoms with Crippen molar-refractivity contribution >= 4 is 11.7 Å². The molecule has 0 radical (unpaired) electrons. The number of ether oxygens (including phenoxy) is 2. The fourth-order valence-electron chi connectivity index (χ4n) is 2.24. The van der Waals surface area contributed by atoms with Crippen LogP contribution in [0.15, 0.2) is 59.3 Å². The summed E-state index contributed by atoms with van der Waals surface area (Å²) in [6, 6.07) is 12.2. The summed E-state index contributed by atoms with van der Waals surface area (Å²) < 4.78 is 16.2. The molecule has 0 bridgehead atoms. The number of rotatable bonds is 6. The number of urea groups is 1. The predicted octanol–water partition coefficient (Wildman–Crippen LogP) is 4.11. The molecule has 3 rings (SSSR count). The Balaban J connectivity index is 1.57. The first-order valence-corrected chi connectivity index (χ1v) is 8.00. The van der Waals surface area contributed by atoms with Crippen molar-refractivity contribution in [1.29, 1.82) is 0 Å². The van der Waals surface area contributed by atoms with Gasteiger partial charge in [0.1, 0.15) is 5.76 Å². The molecule has 0 aliphatic heterocycles. The van der Waals surface area contributed by atoms with Gasteiger partial charge >= 0.3 is 6.03 Å². The number of methoxy groups -OCH3 is 1. The summed E-state index contributed by atoms with van der Waals surface area (Å²) in [6.45, 7) is 2.28. The van der Waals surface area contributed by atoms with Crippen molar-refractivity contribution in [2.45, 2.75) is 13.5 Å². The Hall–Kier alpha value is -3.48. The summed E-state index contributed by atoms with van der Waals surface area (Å²) in [5.41, 5.74) is 1.62. The number of carbonyl (C=O) groups is 1. The molecule has 0 aliphatic carbocycles. The van der Waals surface area contributed by atoms with E-state index in [0.717, 1.165) is 5.56 Å². The molecular formula is C19H19N3O4. The molecule has 0 spiro atoms. The summed E-state index contributed by atoms with van der Waals surface area (Å²) in [4.78, 5) is 16.1. The Labute approximate surface area is 151 Å². The lowest BCUT2D eigenvalue weighted by Gasteiger charge is -2.11. The molecule has 0 fully saturated rings. The molecule has 2 heterocycles. The van der Waals surface area contributed by atoms with Crippen molar-refractivity contribution in [2.75, 3.05) is 12.4 Å². The second-order valence-electron chi connectivity index (χ2n) is 5.53. The van der Waals surface area contributed by atoms with Gasteiger partial charge in [0, 0.05) is 6.07 Å². The van der Waals surface area contributed by atoms with Crippen molar-refractivity contribution in [3.8, 4) is 17.4 Å². The van der Waals surface area contributed by atoms with Crippen LogP contribution >= 0.6 is 0 Å². The maximum atomic E-state index is 11.9. The highest BCUT2D eigenvalue weighted by atomic mass is 16.5. The molecule has 2 amide bonds. The standard InChI is InChI=1S/C19H19N3O4/c1-13-5-7-16(17(10-13)24-2)26-18-8-6-14(11-20-18)22-19(23)21-12-15-4-3-9-25-15/h3-11H,12H2,1-2H3,(H2,21,22,23). The summed E-state index contributed by atoms with van der Waals surface area (Å²) in [6.07, 6.45) is 3.07. The number of anilines is 1. The number of pyridine rings is 1. The molecule has 7 nitrogen and oxygen atoms in total. The molecule has 1 aromatic carbocycles. The minimum absolute atomic E-state index is 0.306. The Morgan fingerprint density at radius 2 is 2.08 bits per heavy atom. The van der Waals surface area contributed by atoms with Crippen LogP contribution in [0, 0.1) is 6.92 Å². The van der Waals surface area contributed by atoms with Crippen LogP contribution in [-0.4, -0.2) is 18.1 Å². The largest absolute Gasteiger partial charge is 0.493 e. The molecule has 7 heteroatoms. The third-order valence-corrected chi connectivity index (χ3v) is 3.53. The van der Waals surface area contributed by atoms with E-state index in [0.29, 0.717) is 35.4 Å². The molecule has 0 atom stereocenters. The third-order valence-electron chi connectivity index (χ3n) is 3.53. The van der Waals surface area contributed by atoms with Crippen LogP contribution in [0.5, 0.6) is 17.4 Å². The van der Waals surface area contributed by atoms with Crippen LogP contribution < -0.4 is 20.1 Å². The predicted molar refractivity (Wildman–Crippen MR) is 96.6 cm³/mol. The number of furan rings is 1. The van der Waals surface area contributed by atoms with Crippen LogP contribution in [0.4, 0.5) is 10.5 Å². The summed E-state index contributed by atoms with van der Waals surface area (Å²) in [5, 5.41) is 5.38. The number of nitrogens with one attached hydrogen (secondary N) is 2. The fourth-order valence-corrected chi connectivity index (χ4v) is 2.24. The van der Waals surface area contributed by atoms with Crippen LogP contribution in [0.3, 0.4) is 0 Å². The number of hydrogen-bond donors (Lipinski definition) is 2. The van der Waals surface area contributed by atoms with Crippen molar-refractivity contribution in [3.05, 3.63) is 66.2 Å². The number of carbonyl (C=O) groups excluding carboxylic acids is 1. The first-order valence-electron chi connectivity index (χ1n) is 8.00. The summed E-state index contributed by atoms with van der Waals surface area (Å²) in [5.74, 6) is 2.27. The topological polar surface area (TPSA) is 85.6 Å². The number of nitrogens with zero attached hydrogens (tertiary/aromatic N) is 1. The zero-order chi connectivity index (χ0) is 18.4. The second-order valence-corrected chi connectivity index (χ2v) is 5.53. The van der Waals surface area contributed by atoms with E-state index >= 15 is 0 Å². The highest BCUT2D eigenvalue weighted by Crippen LogP contribution is 2.31. The van der Waals surface area contributed by atoms with Gasteiger partial charge in [-0.1, -0.05) is 6.07 Å². The van der Waals surface area contributed by atoms with Crippen molar-refractivity contribution in [1.82, 2.24) is 10.3 Å². The zero-order valence-corrected chi connectivity index (χ0v) is 14.5. The maximum absolute atomic E-state index is 11.9. The van der Waals surface area contributed by atoms with E-state index in [9.17, 15) is 4.79 Å². The number of benzene rings is 1. The molecule has 0 saturated carbocycles. The van der Waals surface area contributed by atoms with Gasteiger partial charge in [-0.25, -0.2) is 9.78 Å². The third kappa shape index (κ3) is 4.54. The molecular weight excluding hydrogens is 334 g/mol. The number of aryl methyl sites for hydroxylation is 1. The lowest BCUT2D eigenvalue weighted by Crippen LogP contribution is -2.28. The van der Waals surface area contributed by atoms with Gasteiger partial charge in [0.05, 0.1) is 31.8 Å². The molecule has 0 aliphatic rings. The van der Waals surface area contributed by atoms with E-state index in [2.05, 4.69) is 15.6 Å². The molecule has 0 unspecified atom stereocenters. The lowest BCUT2D eigenvalue weighted by molar-refractivity contribution is 0.251. The highest BCUT2D eigenvalue weighted by molar-refractivity contribution is 5.88. The average molecular weight is 353 g/mol. The van der Waals surface area contributed by atoms with E-state index < -0.39 is 0 Å². The normalized spacial score (nSPS) is 10.2. The SMILES string of the molecule is COc1cc(C)ccc1Oc1ccc(NC(=O)NCc2ccco2)cn1. The van der Waals surface area contributed by atoms with Gasteiger partial charge in [0.2, 0.25) is 5.88 Å². The van der Waals surface area contributed by atoms with Gasteiger partial charge in [0.15, 0.2) is 11.5 Å². The lowest BCUT2D eigenvalue weighted by atomic mass is 10.2. The van der Waals surface area contributed by atoms with E-state index in [4.69, 9.17) is 13.9 Å². The average Bonchev–Trinajstić information content (AvgIpc) is 3.16. The van der Waals surface area contributed by atoms with Crippen LogP contribution in [-0.2, 0) is 6.54 Å². The van der Waals surface area contributed by atoms with E-state index in [1.54, 1.807) is 37.6 Å². The van der Waals surface area contributed by atoms with Crippen LogP contribution in [0.25, 0.3) is 0 Å². The number of amides is 2. The Morgan fingerprint density at radius 1 is 1.19 bits per heavy atom. The zero-order valence-electron chi connectivity index (χ0n) is 14.5.